The Kier molecular flexibility index (Phi) is 5.98. The molecule has 0 spiro atoms. The molecule has 0 aliphatic heterocycles. The lowest BCUT2D eigenvalue weighted by atomic mass is 10.0. The number of alkyl carbamates (subject to hydrolysis) is 1. The smallest absolute Gasteiger partial charge is 0.407 e. The maximum absolute atomic E-state index is 11.7. The van der Waals surface area contributed by atoms with E-state index in [2.05, 4.69) is 10.1 Å². The van der Waals surface area contributed by atoms with Crippen LogP contribution in [-0.2, 0) is 16.0 Å². The Morgan fingerprint density at radius 3 is 2.68 bits per heavy atom. The summed E-state index contributed by atoms with van der Waals surface area (Å²) >= 11 is 0. The predicted octanol–water partition coefficient (Wildman–Crippen LogP) is 1.21. The van der Waals surface area contributed by atoms with Crippen molar-refractivity contribution in [2.45, 2.75) is 19.4 Å². The molecular formula is C13H15N3O3. The molecule has 1 N–H and O–H groups in total. The van der Waals surface area contributed by atoms with E-state index in [9.17, 15) is 9.59 Å². The van der Waals surface area contributed by atoms with Gasteiger partial charge >= 0.3 is 12.3 Å². The first-order valence-corrected chi connectivity index (χ1v) is 5.85. The van der Waals surface area contributed by atoms with Crippen molar-refractivity contribution in [3.63, 3.8) is 0 Å². The largest absolute Gasteiger partial charge is 0.450 e. The Balaban J connectivity index is 2.77. The van der Waals surface area contributed by atoms with Crippen LogP contribution in [0.15, 0.2) is 30.3 Å². The van der Waals surface area contributed by atoms with Crippen LogP contribution in [0.4, 0.5) is 4.79 Å². The van der Waals surface area contributed by atoms with Crippen molar-refractivity contribution in [3.8, 4) is 0 Å². The molecule has 0 aromatic heterocycles. The summed E-state index contributed by atoms with van der Waals surface area (Å²) in [4.78, 5) is 25.8. The number of carbonyl (C=O) groups excluding carboxylic acids is 2. The van der Waals surface area contributed by atoms with Gasteiger partial charge in [-0.3, -0.25) is 4.79 Å². The van der Waals surface area contributed by atoms with Gasteiger partial charge in [-0.25, -0.2) is 4.79 Å². The Hall–Kier alpha value is -2.46. The van der Waals surface area contributed by atoms with Gasteiger partial charge in [-0.15, -0.1) is 0 Å². The highest BCUT2D eigenvalue weighted by Gasteiger charge is 2.22. The second-order valence-electron chi connectivity index (χ2n) is 3.75. The Bertz CT molecular complexity index is 481. The third-order valence-electron chi connectivity index (χ3n) is 2.38. The molecule has 1 aromatic rings. The monoisotopic (exact) mass is 261 g/mol. The molecule has 0 heterocycles. The van der Waals surface area contributed by atoms with Crippen LogP contribution in [0.5, 0.6) is 0 Å². The topological polar surface area (TPSA) is 91.8 Å². The highest BCUT2D eigenvalue weighted by atomic mass is 16.5. The SMILES string of the molecule is CCOC(=O)N[C@@H](Cc1ccccc1)C(=O)C=[N+]=[N-]. The summed E-state index contributed by atoms with van der Waals surface area (Å²) < 4.78 is 4.73. The average Bonchev–Trinajstić information content (AvgIpc) is 2.40. The quantitative estimate of drug-likeness (QED) is 0.474. The molecule has 1 atom stereocenters. The zero-order valence-electron chi connectivity index (χ0n) is 10.6. The van der Waals surface area contributed by atoms with Crippen molar-refractivity contribution < 1.29 is 19.1 Å². The molecule has 0 bridgehead atoms. The number of nitrogens with one attached hydrogen (secondary N) is 1. The van der Waals surface area contributed by atoms with E-state index in [4.69, 9.17) is 10.3 Å². The van der Waals surface area contributed by atoms with Crippen LogP contribution in [-0.4, -0.2) is 35.5 Å². The van der Waals surface area contributed by atoms with E-state index in [-0.39, 0.29) is 6.61 Å². The molecule has 6 nitrogen and oxygen atoms in total. The summed E-state index contributed by atoms with van der Waals surface area (Å²) in [5.41, 5.74) is 9.27. The molecule has 6 heteroatoms. The number of hydrogen-bond donors (Lipinski definition) is 1. The normalized spacial score (nSPS) is 11.0. The summed E-state index contributed by atoms with van der Waals surface area (Å²) in [6.45, 7) is 1.88. The number of ether oxygens (including phenoxy) is 1. The molecule has 0 fully saturated rings. The molecular weight excluding hydrogens is 246 g/mol. The van der Waals surface area contributed by atoms with Gasteiger partial charge in [0.2, 0.25) is 0 Å². The number of rotatable bonds is 6. The lowest BCUT2D eigenvalue weighted by Crippen LogP contribution is -2.43. The standard InChI is InChI=1S/C13H15N3O3/c1-2-19-13(18)16-11(12(17)9-15-14)8-10-6-4-3-5-7-10/h3-7,9,11H,2,8H2,1H3,(H,16,18)/t11-/m0/s1. The third kappa shape index (κ3) is 5.14. The molecule has 19 heavy (non-hydrogen) atoms. The summed E-state index contributed by atoms with van der Waals surface area (Å²) in [5.74, 6) is -0.501. The lowest BCUT2D eigenvalue weighted by Gasteiger charge is -2.14. The fourth-order valence-electron chi connectivity index (χ4n) is 1.53. The molecule has 100 valence electrons. The zero-order chi connectivity index (χ0) is 14.1. The highest BCUT2D eigenvalue weighted by molar-refractivity contribution is 6.28. The second kappa shape index (κ2) is 7.79. The third-order valence-corrected chi connectivity index (χ3v) is 2.38. The van der Waals surface area contributed by atoms with Crippen molar-refractivity contribution in [3.05, 3.63) is 41.4 Å². The van der Waals surface area contributed by atoms with Crippen LogP contribution < -0.4 is 5.32 Å². The minimum atomic E-state index is -0.822. The fourth-order valence-corrected chi connectivity index (χ4v) is 1.53. The van der Waals surface area contributed by atoms with Gasteiger partial charge in [0.25, 0.3) is 5.78 Å². The van der Waals surface area contributed by atoms with Crippen LogP contribution in [0.3, 0.4) is 0 Å². The Morgan fingerprint density at radius 2 is 2.11 bits per heavy atom. The number of nitrogens with zero attached hydrogens (tertiary/aromatic N) is 2. The fraction of sp³-hybridized carbons (Fsp3) is 0.308. The van der Waals surface area contributed by atoms with E-state index in [0.717, 1.165) is 11.8 Å². The van der Waals surface area contributed by atoms with E-state index in [1.807, 2.05) is 30.3 Å². The summed E-state index contributed by atoms with van der Waals surface area (Å²) in [5, 5.41) is 2.44. The molecule has 0 unspecified atom stereocenters. The number of ketones is 1. The van der Waals surface area contributed by atoms with Crippen molar-refractivity contribution in [1.82, 2.24) is 5.32 Å². The first-order valence-electron chi connectivity index (χ1n) is 5.85. The van der Waals surface area contributed by atoms with E-state index < -0.39 is 17.9 Å². The minimum Gasteiger partial charge on any atom is -0.450 e. The van der Waals surface area contributed by atoms with Gasteiger partial charge in [0, 0.05) is 6.42 Å². The van der Waals surface area contributed by atoms with Gasteiger partial charge < -0.3 is 15.6 Å². The molecule has 1 rings (SSSR count). The van der Waals surface area contributed by atoms with E-state index >= 15 is 0 Å². The first kappa shape index (κ1) is 14.6. The molecule has 0 saturated heterocycles. The van der Waals surface area contributed by atoms with Gasteiger partial charge in [-0.1, -0.05) is 30.3 Å². The lowest BCUT2D eigenvalue weighted by molar-refractivity contribution is -0.117. The predicted molar refractivity (Wildman–Crippen MR) is 68.8 cm³/mol. The van der Waals surface area contributed by atoms with Gasteiger partial charge in [0.1, 0.15) is 6.04 Å². The minimum absolute atomic E-state index is 0.214. The highest BCUT2D eigenvalue weighted by Crippen LogP contribution is 2.04. The molecule has 1 amide bonds. The molecule has 1 aromatic carbocycles. The van der Waals surface area contributed by atoms with Gasteiger partial charge in [0.15, 0.2) is 0 Å². The number of amides is 1. The second-order valence-corrected chi connectivity index (χ2v) is 3.75. The molecule has 0 saturated carbocycles. The number of carbonyl (C=O) groups is 2. The van der Waals surface area contributed by atoms with E-state index in [1.165, 1.54) is 0 Å². The maximum atomic E-state index is 11.7. The van der Waals surface area contributed by atoms with Crippen LogP contribution in [0.25, 0.3) is 5.53 Å². The molecule has 0 aliphatic carbocycles. The van der Waals surface area contributed by atoms with E-state index in [1.54, 1.807) is 6.92 Å². The average molecular weight is 261 g/mol. The number of hydrogen-bond acceptors (Lipinski definition) is 3. The van der Waals surface area contributed by atoms with Crippen LogP contribution >= 0.6 is 0 Å². The molecule has 0 aliphatic rings. The zero-order valence-corrected chi connectivity index (χ0v) is 10.6. The van der Waals surface area contributed by atoms with Crippen LogP contribution in [0, 0.1) is 0 Å². The van der Waals surface area contributed by atoms with Crippen LogP contribution in [0.2, 0.25) is 0 Å². The van der Waals surface area contributed by atoms with Gasteiger partial charge in [0.05, 0.1) is 6.61 Å². The summed E-state index contributed by atoms with van der Waals surface area (Å²) in [6, 6.07) is 8.38. The van der Waals surface area contributed by atoms with Crippen molar-refractivity contribution in [2.24, 2.45) is 0 Å². The summed E-state index contributed by atoms with van der Waals surface area (Å²) in [6.07, 6.45) is 0.382. The Labute approximate surface area is 111 Å². The van der Waals surface area contributed by atoms with Crippen molar-refractivity contribution in [2.75, 3.05) is 6.61 Å². The van der Waals surface area contributed by atoms with Crippen molar-refractivity contribution >= 4 is 18.1 Å². The number of Topliss-reactive ketones (excluding diaryl/α,β-unsaturated/α-hetero) is 1. The maximum Gasteiger partial charge on any atom is 0.407 e. The summed E-state index contributed by atoms with van der Waals surface area (Å²) in [7, 11) is 0. The Morgan fingerprint density at radius 1 is 1.42 bits per heavy atom. The van der Waals surface area contributed by atoms with E-state index in [0.29, 0.717) is 6.42 Å². The number of benzene rings is 1. The van der Waals surface area contributed by atoms with Crippen LogP contribution in [0.1, 0.15) is 12.5 Å². The molecule has 0 radical (unpaired) electrons. The van der Waals surface area contributed by atoms with Gasteiger partial charge in [-0.2, -0.15) is 4.79 Å². The van der Waals surface area contributed by atoms with Gasteiger partial charge in [-0.05, 0) is 12.5 Å². The van der Waals surface area contributed by atoms with Crippen molar-refractivity contribution in [1.29, 1.82) is 0 Å². The first-order chi connectivity index (χ1) is 9.17.